The Kier molecular flexibility index (Phi) is 7.21. The zero-order valence-corrected chi connectivity index (χ0v) is 18.0. The molecule has 0 spiro atoms. The van der Waals surface area contributed by atoms with Crippen LogP contribution in [-0.2, 0) is 21.2 Å². The third kappa shape index (κ3) is 5.34. The lowest BCUT2D eigenvalue weighted by Crippen LogP contribution is -2.46. The number of amides is 1. The Bertz CT molecular complexity index is 1350. The molecule has 0 unspecified atom stereocenters. The fourth-order valence-corrected chi connectivity index (χ4v) is 3.95. The molecule has 1 atom stereocenters. The number of hydrogen-bond acceptors (Lipinski definition) is 7. The van der Waals surface area contributed by atoms with Crippen LogP contribution < -0.4 is 10.5 Å². The first kappa shape index (κ1) is 24.7. The van der Waals surface area contributed by atoms with Gasteiger partial charge in [-0.15, -0.1) is 4.47 Å². The number of nitrogens with two attached hydrogens (primary N) is 1. The number of hydroxylamine groups is 1. The first-order valence-electron chi connectivity index (χ1n) is 9.48. The van der Waals surface area contributed by atoms with Gasteiger partial charge in [0.1, 0.15) is 11.6 Å². The SMILES string of the molecule is N#Cc1cccc(C[C@@H](N)C(=O)N(O)S(=O)(=O)c2cc(F)c(Oc3ccc(F)cc3)c(F)c2)c1. The summed E-state index contributed by atoms with van der Waals surface area (Å²) in [7, 11) is -5.11. The van der Waals surface area contributed by atoms with E-state index in [1.54, 1.807) is 0 Å². The van der Waals surface area contributed by atoms with Gasteiger partial charge in [0.2, 0.25) is 0 Å². The molecule has 1 amide bonds. The van der Waals surface area contributed by atoms with Crippen molar-refractivity contribution < 1.29 is 36.3 Å². The maximum atomic E-state index is 14.4. The number of sulfonamides is 1. The molecular formula is C22H16F3N3O5S. The predicted octanol–water partition coefficient (Wildman–Crippen LogP) is 3.24. The molecule has 0 fully saturated rings. The van der Waals surface area contributed by atoms with E-state index in [0.717, 1.165) is 24.3 Å². The van der Waals surface area contributed by atoms with Crippen molar-refractivity contribution >= 4 is 15.9 Å². The summed E-state index contributed by atoms with van der Waals surface area (Å²) in [6, 6.07) is 11.2. The highest BCUT2D eigenvalue weighted by Gasteiger charge is 2.33. The summed E-state index contributed by atoms with van der Waals surface area (Å²) in [4.78, 5) is 11.3. The second kappa shape index (κ2) is 9.92. The molecular weight excluding hydrogens is 475 g/mol. The van der Waals surface area contributed by atoms with Crippen LogP contribution in [0.3, 0.4) is 0 Å². The van der Waals surface area contributed by atoms with Crippen LogP contribution in [0.2, 0.25) is 0 Å². The molecule has 0 saturated heterocycles. The molecule has 176 valence electrons. The fourth-order valence-electron chi connectivity index (χ4n) is 2.87. The molecule has 3 rings (SSSR count). The van der Waals surface area contributed by atoms with Gasteiger partial charge in [0.15, 0.2) is 17.4 Å². The molecule has 0 aliphatic heterocycles. The molecule has 12 heteroatoms. The average molecular weight is 491 g/mol. The van der Waals surface area contributed by atoms with E-state index in [1.807, 2.05) is 6.07 Å². The van der Waals surface area contributed by atoms with Gasteiger partial charge in [-0.25, -0.2) is 13.2 Å². The Morgan fingerprint density at radius 2 is 1.71 bits per heavy atom. The zero-order valence-electron chi connectivity index (χ0n) is 17.2. The minimum absolute atomic E-state index is 0.125. The molecule has 0 aliphatic rings. The summed E-state index contributed by atoms with van der Waals surface area (Å²) in [5, 5.41) is 18.9. The van der Waals surface area contributed by atoms with Crippen molar-refractivity contribution in [3.05, 3.63) is 89.2 Å². The van der Waals surface area contributed by atoms with Crippen molar-refractivity contribution in [2.24, 2.45) is 5.73 Å². The topological polar surface area (TPSA) is 134 Å². The van der Waals surface area contributed by atoms with Gasteiger partial charge in [0, 0.05) is 0 Å². The lowest BCUT2D eigenvalue weighted by atomic mass is 10.0. The predicted molar refractivity (Wildman–Crippen MR) is 111 cm³/mol. The molecule has 3 N–H and O–H groups in total. The summed E-state index contributed by atoms with van der Waals surface area (Å²) in [6.45, 7) is 0. The molecule has 0 saturated carbocycles. The highest BCUT2D eigenvalue weighted by molar-refractivity contribution is 7.89. The van der Waals surface area contributed by atoms with Gasteiger partial charge in [-0.3, -0.25) is 10.0 Å². The quantitative estimate of drug-likeness (QED) is 0.383. The molecule has 0 bridgehead atoms. The highest BCUT2D eigenvalue weighted by atomic mass is 32.2. The van der Waals surface area contributed by atoms with E-state index in [2.05, 4.69) is 0 Å². The molecule has 0 aliphatic carbocycles. The standard InChI is InChI=1S/C22H16F3N3O5S/c23-15-4-6-16(7-5-15)33-21-18(24)10-17(11-19(21)25)34(31,32)28(30)22(29)20(27)9-13-2-1-3-14(8-13)12-26/h1-8,10-11,20,30H,9,27H2/t20-/m1/s1. The van der Waals surface area contributed by atoms with Gasteiger partial charge < -0.3 is 10.5 Å². The smallest absolute Gasteiger partial charge is 0.289 e. The second-order valence-electron chi connectivity index (χ2n) is 6.98. The summed E-state index contributed by atoms with van der Waals surface area (Å²) in [5.41, 5.74) is 6.40. The molecule has 3 aromatic rings. The zero-order chi connectivity index (χ0) is 25.0. The van der Waals surface area contributed by atoms with Gasteiger partial charge in [-0.2, -0.15) is 13.7 Å². The molecule has 34 heavy (non-hydrogen) atoms. The van der Waals surface area contributed by atoms with Crippen LogP contribution in [0, 0.1) is 28.8 Å². The Balaban J connectivity index is 1.81. The first-order valence-corrected chi connectivity index (χ1v) is 10.9. The van der Waals surface area contributed by atoms with Gasteiger partial charge in [0.25, 0.3) is 15.9 Å². The van der Waals surface area contributed by atoms with Crippen LogP contribution in [0.5, 0.6) is 11.5 Å². The lowest BCUT2D eigenvalue weighted by molar-refractivity contribution is -0.147. The number of hydrogen-bond donors (Lipinski definition) is 2. The summed E-state index contributed by atoms with van der Waals surface area (Å²) < 4.78 is 71.3. The monoisotopic (exact) mass is 491 g/mol. The van der Waals surface area contributed by atoms with E-state index < -0.39 is 54.5 Å². The van der Waals surface area contributed by atoms with Gasteiger partial charge in [-0.1, -0.05) is 12.1 Å². The van der Waals surface area contributed by atoms with E-state index in [9.17, 15) is 31.6 Å². The van der Waals surface area contributed by atoms with Crippen molar-refractivity contribution in [3.8, 4) is 17.6 Å². The maximum absolute atomic E-state index is 14.4. The summed E-state index contributed by atoms with van der Waals surface area (Å²) in [5.74, 6) is -6.09. The number of nitrogens with zero attached hydrogens (tertiary/aromatic N) is 2. The van der Waals surface area contributed by atoms with E-state index in [0.29, 0.717) is 17.7 Å². The third-order valence-corrected chi connectivity index (χ3v) is 6.02. The summed E-state index contributed by atoms with van der Waals surface area (Å²) >= 11 is 0. The van der Waals surface area contributed by atoms with E-state index in [-0.39, 0.29) is 17.7 Å². The van der Waals surface area contributed by atoms with E-state index in [4.69, 9.17) is 15.7 Å². The number of benzene rings is 3. The normalized spacial score (nSPS) is 12.0. The largest absolute Gasteiger partial charge is 0.451 e. The van der Waals surface area contributed by atoms with Gasteiger partial charge >= 0.3 is 0 Å². The van der Waals surface area contributed by atoms with Crippen molar-refractivity contribution in [2.45, 2.75) is 17.4 Å². The Morgan fingerprint density at radius 3 is 2.29 bits per heavy atom. The van der Waals surface area contributed by atoms with Gasteiger partial charge in [0.05, 0.1) is 22.6 Å². The Hall–Kier alpha value is -3.92. The van der Waals surface area contributed by atoms with Crippen molar-refractivity contribution in [3.63, 3.8) is 0 Å². The van der Waals surface area contributed by atoms with Crippen LogP contribution >= 0.6 is 0 Å². The minimum Gasteiger partial charge on any atom is -0.451 e. The number of halogens is 3. The third-order valence-electron chi connectivity index (χ3n) is 4.55. The van der Waals surface area contributed by atoms with E-state index in [1.165, 1.54) is 24.3 Å². The fraction of sp³-hybridized carbons (Fsp3) is 0.0909. The van der Waals surface area contributed by atoms with Crippen LogP contribution in [0.15, 0.2) is 65.6 Å². The molecule has 0 aromatic heterocycles. The Morgan fingerprint density at radius 1 is 1.09 bits per heavy atom. The average Bonchev–Trinajstić information content (AvgIpc) is 2.81. The molecule has 0 heterocycles. The number of carbonyl (C=O) groups is 1. The maximum Gasteiger partial charge on any atom is 0.289 e. The van der Waals surface area contributed by atoms with Crippen LogP contribution in [-0.4, -0.2) is 30.0 Å². The van der Waals surface area contributed by atoms with Crippen LogP contribution in [0.4, 0.5) is 13.2 Å². The van der Waals surface area contributed by atoms with Crippen molar-refractivity contribution in [2.75, 3.05) is 0 Å². The van der Waals surface area contributed by atoms with Crippen LogP contribution in [0.1, 0.15) is 11.1 Å². The molecule has 3 aromatic carbocycles. The number of ether oxygens (including phenoxy) is 1. The first-order chi connectivity index (χ1) is 16.0. The molecule has 0 radical (unpaired) electrons. The molecule has 8 nitrogen and oxygen atoms in total. The number of carbonyl (C=O) groups excluding carboxylic acids is 1. The van der Waals surface area contributed by atoms with Crippen molar-refractivity contribution in [1.82, 2.24) is 4.47 Å². The van der Waals surface area contributed by atoms with E-state index >= 15 is 0 Å². The second-order valence-corrected chi connectivity index (χ2v) is 8.75. The minimum atomic E-state index is -5.11. The summed E-state index contributed by atoms with van der Waals surface area (Å²) in [6.07, 6.45) is -0.228. The number of rotatable bonds is 7. The van der Waals surface area contributed by atoms with Crippen LogP contribution in [0.25, 0.3) is 0 Å². The van der Waals surface area contributed by atoms with Crippen molar-refractivity contribution in [1.29, 1.82) is 5.26 Å². The number of nitriles is 1. The highest BCUT2D eigenvalue weighted by Crippen LogP contribution is 2.31. The lowest BCUT2D eigenvalue weighted by Gasteiger charge is -2.19. The van der Waals surface area contributed by atoms with Gasteiger partial charge in [-0.05, 0) is 60.5 Å². The Labute approximate surface area is 192 Å².